The summed E-state index contributed by atoms with van der Waals surface area (Å²) in [6.45, 7) is 1.16. The quantitative estimate of drug-likeness (QED) is 0.466. The van der Waals surface area contributed by atoms with Crippen molar-refractivity contribution in [3.05, 3.63) is 53.2 Å². The summed E-state index contributed by atoms with van der Waals surface area (Å²) in [5.74, 6) is 1.54. The Balaban J connectivity index is 0.00000200. The molecule has 0 aliphatic carbocycles. The molecular weight excluding hydrogens is 391 g/mol. The normalized spacial score (nSPS) is 10.8. The summed E-state index contributed by atoms with van der Waals surface area (Å²) in [7, 11) is 1.72. The van der Waals surface area contributed by atoms with Crippen molar-refractivity contribution in [2.75, 3.05) is 7.05 Å². The molecule has 7 heteroatoms. The van der Waals surface area contributed by atoms with Crippen molar-refractivity contribution in [1.29, 1.82) is 0 Å². The summed E-state index contributed by atoms with van der Waals surface area (Å²) < 4.78 is 5.23. The zero-order valence-electron chi connectivity index (χ0n) is 11.0. The largest absolute Gasteiger partial charge is 0.467 e. The van der Waals surface area contributed by atoms with Gasteiger partial charge in [-0.3, -0.25) is 9.98 Å². The maximum atomic E-state index is 5.78. The molecule has 2 rings (SSSR count). The van der Waals surface area contributed by atoms with E-state index in [0.29, 0.717) is 24.1 Å². The SMILES string of the molecule is CN=C(NCc1ccc(Cl)cn1)NCc1ccco1.I. The van der Waals surface area contributed by atoms with Gasteiger partial charge in [-0.2, -0.15) is 0 Å². The minimum absolute atomic E-state index is 0. The lowest BCUT2D eigenvalue weighted by Crippen LogP contribution is -2.36. The fourth-order valence-electron chi connectivity index (χ4n) is 1.49. The minimum Gasteiger partial charge on any atom is -0.467 e. The average Bonchev–Trinajstić information content (AvgIpc) is 2.94. The van der Waals surface area contributed by atoms with Crippen LogP contribution in [0.1, 0.15) is 11.5 Å². The first kappa shape index (κ1) is 16.8. The van der Waals surface area contributed by atoms with Crippen LogP contribution in [-0.2, 0) is 13.1 Å². The molecule has 0 aromatic carbocycles. The van der Waals surface area contributed by atoms with Crippen LogP contribution in [-0.4, -0.2) is 18.0 Å². The molecule has 0 saturated heterocycles. The van der Waals surface area contributed by atoms with E-state index in [1.54, 1.807) is 19.5 Å². The number of aromatic nitrogens is 1. The Morgan fingerprint density at radius 1 is 1.30 bits per heavy atom. The van der Waals surface area contributed by atoms with Crippen LogP contribution < -0.4 is 10.6 Å². The van der Waals surface area contributed by atoms with E-state index in [4.69, 9.17) is 16.0 Å². The van der Waals surface area contributed by atoms with E-state index < -0.39 is 0 Å². The summed E-state index contributed by atoms with van der Waals surface area (Å²) in [5, 5.41) is 6.93. The third-order valence-corrected chi connectivity index (χ3v) is 2.68. The van der Waals surface area contributed by atoms with Gasteiger partial charge in [0.05, 0.1) is 30.1 Å². The van der Waals surface area contributed by atoms with Crippen LogP contribution in [0.15, 0.2) is 46.1 Å². The van der Waals surface area contributed by atoms with E-state index in [2.05, 4.69) is 20.6 Å². The lowest BCUT2D eigenvalue weighted by molar-refractivity contribution is 0.501. The van der Waals surface area contributed by atoms with Crippen molar-refractivity contribution < 1.29 is 4.42 Å². The van der Waals surface area contributed by atoms with Crippen LogP contribution in [0.5, 0.6) is 0 Å². The number of furan rings is 1. The van der Waals surface area contributed by atoms with Crippen LogP contribution in [0.3, 0.4) is 0 Å². The van der Waals surface area contributed by atoms with Gasteiger partial charge in [0.15, 0.2) is 5.96 Å². The van der Waals surface area contributed by atoms with Gasteiger partial charge in [-0.15, -0.1) is 24.0 Å². The Kier molecular flexibility index (Phi) is 7.38. The molecule has 2 aromatic heterocycles. The molecule has 0 fully saturated rings. The Morgan fingerprint density at radius 2 is 2.10 bits per heavy atom. The van der Waals surface area contributed by atoms with E-state index >= 15 is 0 Å². The monoisotopic (exact) mass is 406 g/mol. The number of aliphatic imine (C=N–C) groups is 1. The molecular formula is C13H16ClIN4O. The van der Waals surface area contributed by atoms with Gasteiger partial charge in [-0.05, 0) is 24.3 Å². The summed E-state index contributed by atoms with van der Waals surface area (Å²) in [6, 6.07) is 7.44. The van der Waals surface area contributed by atoms with Gasteiger partial charge in [0, 0.05) is 13.2 Å². The number of nitrogens with zero attached hydrogens (tertiary/aromatic N) is 2. The molecule has 0 aliphatic heterocycles. The van der Waals surface area contributed by atoms with Crippen molar-refractivity contribution in [2.45, 2.75) is 13.1 Å². The van der Waals surface area contributed by atoms with Crippen molar-refractivity contribution in [2.24, 2.45) is 4.99 Å². The van der Waals surface area contributed by atoms with Gasteiger partial charge in [-0.25, -0.2) is 0 Å². The van der Waals surface area contributed by atoms with Gasteiger partial charge >= 0.3 is 0 Å². The molecule has 2 heterocycles. The number of hydrogen-bond acceptors (Lipinski definition) is 3. The second-order valence-electron chi connectivity index (χ2n) is 3.83. The Labute approximate surface area is 139 Å². The van der Waals surface area contributed by atoms with E-state index in [0.717, 1.165) is 11.5 Å². The van der Waals surface area contributed by atoms with Crippen LogP contribution in [0.25, 0.3) is 0 Å². The Morgan fingerprint density at radius 3 is 2.70 bits per heavy atom. The van der Waals surface area contributed by atoms with Gasteiger partial charge in [0.25, 0.3) is 0 Å². The van der Waals surface area contributed by atoms with Gasteiger partial charge in [-0.1, -0.05) is 11.6 Å². The van der Waals surface area contributed by atoms with E-state index in [1.807, 2.05) is 24.3 Å². The second-order valence-corrected chi connectivity index (χ2v) is 4.26. The van der Waals surface area contributed by atoms with Gasteiger partial charge < -0.3 is 15.1 Å². The van der Waals surface area contributed by atoms with E-state index in [9.17, 15) is 0 Å². The standard InChI is InChI=1S/C13H15ClN4O.HI/c1-15-13(18-9-12-3-2-6-19-12)17-8-11-5-4-10(14)7-16-11;/h2-7H,8-9H2,1H3,(H2,15,17,18);1H. The molecule has 5 nitrogen and oxygen atoms in total. The molecule has 2 aromatic rings. The maximum Gasteiger partial charge on any atom is 0.191 e. The highest BCUT2D eigenvalue weighted by Gasteiger charge is 2.01. The highest BCUT2D eigenvalue weighted by Crippen LogP contribution is 2.05. The van der Waals surface area contributed by atoms with Crippen molar-refractivity contribution >= 4 is 41.5 Å². The smallest absolute Gasteiger partial charge is 0.191 e. The Bertz CT molecular complexity index is 528. The van der Waals surface area contributed by atoms with Crippen LogP contribution in [0, 0.1) is 0 Å². The minimum atomic E-state index is 0. The molecule has 0 atom stereocenters. The first-order valence-corrected chi connectivity index (χ1v) is 6.23. The fraction of sp³-hybridized carbons (Fsp3) is 0.231. The van der Waals surface area contributed by atoms with Crippen LogP contribution in [0.4, 0.5) is 0 Å². The van der Waals surface area contributed by atoms with E-state index in [-0.39, 0.29) is 24.0 Å². The fourth-order valence-corrected chi connectivity index (χ4v) is 1.60. The number of pyridine rings is 1. The average molecular weight is 407 g/mol. The summed E-state index contributed by atoms with van der Waals surface area (Å²) in [6.07, 6.45) is 3.27. The third-order valence-electron chi connectivity index (χ3n) is 2.46. The van der Waals surface area contributed by atoms with Crippen molar-refractivity contribution in [1.82, 2.24) is 15.6 Å². The number of rotatable bonds is 4. The topological polar surface area (TPSA) is 62.5 Å². The lowest BCUT2D eigenvalue weighted by Gasteiger charge is -2.10. The lowest BCUT2D eigenvalue weighted by atomic mass is 10.3. The molecule has 2 N–H and O–H groups in total. The zero-order valence-corrected chi connectivity index (χ0v) is 14.1. The van der Waals surface area contributed by atoms with Crippen molar-refractivity contribution in [3.8, 4) is 0 Å². The molecule has 20 heavy (non-hydrogen) atoms. The molecule has 0 spiro atoms. The number of nitrogens with one attached hydrogen (secondary N) is 2. The molecule has 0 unspecified atom stereocenters. The predicted molar refractivity (Wildman–Crippen MR) is 90.4 cm³/mol. The molecule has 0 radical (unpaired) electrons. The molecule has 0 bridgehead atoms. The number of guanidine groups is 1. The first-order valence-electron chi connectivity index (χ1n) is 5.85. The summed E-state index contributed by atoms with van der Waals surface area (Å²) >= 11 is 5.78. The van der Waals surface area contributed by atoms with Crippen LogP contribution >= 0.6 is 35.6 Å². The molecule has 0 amide bonds. The van der Waals surface area contributed by atoms with E-state index in [1.165, 1.54) is 0 Å². The molecule has 108 valence electrons. The van der Waals surface area contributed by atoms with Gasteiger partial charge in [0.2, 0.25) is 0 Å². The zero-order chi connectivity index (χ0) is 13.5. The Hall–Kier alpha value is -1.28. The van der Waals surface area contributed by atoms with Crippen LogP contribution in [0.2, 0.25) is 5.02 Å². The predicted octanol–water partition coefficient (Wildman–Crippen LogP) is 2.81. The number of hydrogen-bond donors (Lipinski definition) is 2. The molecule has 0 saturated carbocycles. The van der Waals surface area contributed by atoms with Gasteiger partial charge in [0.1, 0.15) is 5.76 Å². The number of halogens is 2. The molecule has 0 aliphatic rings. The summed E-state index contributed by atoms with van der Waals surface area (Å²) in [4.78, 5) is 8.32. The first-order chi connectivity index (χ1) is 9.28. The highest BCUT2D eigenvalue weighted by molar-refractivity contribution is 14.0. The van der Waals surface area contributed by atoms with Crippen molar-refractivity contribution in [3.63, 3.8) is 0 Å². The highest BCUT2D eigenvalue weighted by atomic mass is 127. The second kappa shape index (κ2) is 8.80. The maximum absolute atomic E-state index is 5.78. The third kappa shape index (κ3) is 5.38. The summed E-state index contributed by atoms with van der Waals surface area (Å²) in [5.41, 5.74) is 0.894.